The second kappa shape index (κ2) is 4.26. The molecule has 0 fully saturated rings. The molecule has 0 aliphatic rings. The Kier molecular flexibility index (Phi) is 3.29. The van der Waals surface area contributed by atoms with Crippen LogP contribution in [0.2, 0.25) is 0 Å². The monoisotopic (exact) mass is 184 g/mol. The average molecular weight is 184 g/mol. The molecule has 0 heterocycles. The van der Waals surface area contributed by atoms with Crippen LogP contribution in [0.25, 0.3) is 0 Å². The smallest absolute Gasteiger partial charge is 0.147 e. The predicted molar refractivity (Wildman–Crippen MR) is 49.8 cm³/mol. The van der Waals surface area contributed by atoms with Crippen LogP contribution in [0, 0.1) is 0 Å². The summed E-state index contributed by atoms with van der Waals surface area (Å²) in [5.41, 5.74) is 0.885. The zero-order valence-electron chi connectivity index (χ0n) is 6.93. The Morgan fingerprint density at radius 2 is 1.83 bits per heavy atom. The van der Waals surface area contributed by atoms with Crippen molar-refractivity contribution in [2.45, 2.75) is 18.6 Å². The molecule has 0 saturated heterocycles. The first-order valence-electron chi connectivity index (χ1n) is 3.94. The van der Waals surface area contributed by atoms with E-state index in [1.54, 1.807) is 0 Å². The van der Waals surface area contributed by atoms with E-state index in [2.05, 4.69) is 0 Å². The third kappa shape index (κ3) is 2.08. The second-order valence-corrected chi connectivity index (χ2v) is 3.81. The van der Waals surface area contributed by atoms with Gasteiger partial charge in [-0.1, -0.05) is 37.3 Å². The summed E-state index contributed by atoms with van der Waals surface area (Å²) in [5.74, 6) is 0. The molecule has 1 unspecified atom stereocenters. The molecular formula is C9H12O2S. The molecule has 66 valence electrons. The van der Waals surface area contributed by atoms with Crippen molar-refractivity contribution in [3.63, 3.8) is 0 Å². The molecule has 12 heavy (non-hydrogen) atoms. The first-order chi connectivity index (χ1) is 5.75. The van der Waals surface area contributed by atoms with Crippen molar-refractivity contribution in [3.05, 3.63) is 35.9 Å². The van der Waals surface area contributed by atoms with E-state index in [0.717, 1.165) is 5.56 Å². The van der Waals surface area contributed by atoms with E-state index in [0.29, 0.717) is 6.42 Å². The lowest BCUT2D eigenvalue weighted by molar-refractivity contribution is 0.599. The lowest BCUT2D eigenvalue weighted by Gasteiger charge is -2.06. The summed E-state index contributed by atoms with van der Waals surface area (Å²) in [4.78, 5) is 0. The Labute approximate surface area is 74.2 Å². The molecule has 0 radical (unpaired) electrons. The van der Waals surface area contributed by atoms with Gasteiger partial charge in [0.25, 0.3) is 0 Å². The fourth-order valence-electron chi connectivity index (χ4n) is 1.18. The van der Waals surface area contributed by atoms with Crippen LogP contribution in [0.3, 0.4) is 0 Å². The van der Waals surface area contributed by atoms with E-state index in [1.807, 2.05) is 37.3 Å². The molecule has 0 aromatic heterocycles. The van der Waals surface area contributed by atoms with Crippen molar-refractivity contribution in [1.82, 2.24) is 0 Å². The van der Waals surface area contributed by atoms with Crippen LogP contribution in [0.1, 0.15) is 24.2 Å². The molecule has 0 bridgehead atoms. The normalized spacial score (nSPS) is 13.2. The van der Waals surface area contributed by atoms with Crippen LogP contribution >= 0.6 is 0 Å². The summed E-state index contributed by atoms with van der Waals surface area (Å²) in [7, 11) is -2.34. The van der Waals surface area contributed by atoms with Gasteiger partial charge in [-0.25, -0.2) is 8.42 Å². The maximum Gasteiger partial charge on any atom is 0.147 e. The summed E-state index contributed by atoms with van der Waals surface area (Å²) in [6.07, 6.45) is 0.642. The van der Waals surface area contributed by atoms with Gasteiger partial charge < -0.3 is 0 Å². The van der Waals surface area contributed by atoms with Gasteiger partial charge in [-0.3, -0.25) is 0 Å². The van der Waals surface area contributed by atoms with Crippen molar-refractivity contribution in [2.75, 3.05) is 0 Å². The number of hydrogen-bond acceptors (Lipinski definition) is 2. The van der Waals surface area contributed by atoms with Gasteiger partial charge in [0.15, 0.2) is 0 Å². The topological polar surface area (TPSA) is 34.1 Å². The SMILES string of the molecule is CCC(c1ccccc1)[SH](=O)=O. The molecule has 0 amide bonds. The quantitative estimate of drug-likeness (QED) is 0.726. The highest BCUT2D eigenvalue weighted by molar-refractivity contribution is 7.72. The fraction of sp³-hybridized carbons (Fsp3) is 0.333. The van der Waals surface area contributed by atoms with Gasteiger partial charge in [0.05, 0.1) is 5.25 Å². The number of thiol groups is 1. The number of hydrogen-bond donors (Lipinski definition) is 1. The van der Waals surface area contributed by atoms with Crippen LogP contribution in [0.5, 0.6) is 0 Å². The van der Waals surface area contributed by atoms with Crippen molar-refractivity contribution >= 4 is 10.7 Å². The highest BCUT2D eigenvalue weighted by Gasteiger charge is 2.10. The molecule has 1 aromatic carbocycles. The summed E-state index contributed by atoms with van der Waals surface area (Å²) >= 11 is 0. The van der Waals surface area contributed by atoms with Crippen molar-refractivity contribution < 1.29 is 8.42 Å². The minimum Gasteiger partial charge on any atom is -0.231 e. The molecule has 0 N–H and O–H groups in total. The van der Waals surface area contributed by atoms with Crippen LogP contribution in [-0.2, 0) is 10.7 Å². The van der Waals surface area contributed by atoms with Crippen LogP contribution in [0.15, 0.2) is 30.3 Å². The van der Waals surface area contributed by atoms with Crippen molar-refractivity contribution in [2.24, 2.45) is 0 Å². The summed E-state index contributed by atoms with van der Waals surface area (Å²) < 4.78 is 21.5. The minimum atomic E-state index is -2.34. The van der Waals surface area contributed by atoms with Gasteiger partial charge in [0.2, 0.25) is 0 Å². The van der Waals surface area contributed by atoms with Crippen LogP contribution in [0.4, 0.5) is 0 Å². The first kappa shape index (κ1) is 9.26. The molecule has 0 aliphatic carbocycles. The van der Waals surface area contributed by atoms with Crippen molar-refractivity contribution in [1.29, 1.82) is 0 Å². The summed E-state index contributed by atoms with van der Waals surface area (Å²) in [5, 5.41) is -0.318. The van der Waals surface area contributed by atoms with E-state index in [9.17, 15) is 8.42 Å². The maximum absolute atomic E-state index is 10.8. The Balaban J connectivity index is 2.95. The molecule has 3 heteroatoms. The fourth-order valence-corrected chi connectivity index (χ4v) is 1.90. The molecule has 1 rings (SSSR count). The highest BCUT2D eigenvalue weighted by atomic mass is 32.2. The third-order valence-electron chi connectivity index (χ3n) is 1.83. The Morgan fingerprint density at radius 1 is 1.25 bits per heavy atom. The Morgan fingerprint density at radius 3 is 2.25 bits per heavy atom. The first-order valence-corrected chi connectivity index (χ1v) is 5.18. The highest BCUT2D eigenvalue weighted by Crippen LogP contribution is 2.19. The maximum atomic E-state index is 10.8. The average Bonchev–Trinajstić information content (AvgIpc) is 2.07. The molecule has 0 aliphatic heterocycles. The zero-order chi connectivity index (χ0) is 8.97. The van der Waals surface area contributed by atoms with E-state index in [4.69, 9.17) is 0 Å². The predicted octanol–water partition coefficient (Wildman–Crippen LogP) is 1.75. The standard InChI is InChI=1S/C9H12O2S/c1-2-9(12(10)11)8-6-4-3-5-7-8/h3-7,9,12H,2H2,1H3. The molecule has 2 nitrogen and oxygen atoms in total. The Bertz CT molecular complexity index is 296. The van der Waals surface area contributed by atoms with Crippen LogP contribution < -0.4 is 0 Å². The summed E-state index contributed by atoms with van der Waals surface area (Å²) in [6, 6.07) is 9.29. The Hall–Kier alpha value is -0.830. The van der Waals surface area contributed by atoms with E-state index in [1.165, 1.54) is 0 Å². The number of benzene rings is 1. The van der Waals surface area contributed by atoms with E-state index in [-0.39, 0.29) is 5.25 Å². The molecule has 1 aromatic rings. The van der Waals surface area contributed by atoms with Crippen LogP contribution in [-0.4, -0.2) is 8.42 Å². The van der Waals surface area contributed by atoms with Gasteiger partial charge in [-0.2, -0.15) is 0 Å². The lowest BCUT2D eigenvalue weighted by atomic mass is 10.1. The minimum absolute atomic E-state index is 0.318. The molecule has 0 spiro atoms. The van der Waals surface area contributed by atoms with Gasteiger partial charge in [0.1, 0.15) is 10.7 Å². The second-order valence-electron chi connectivity index (χ2n) is 2.62. The van der Waals surface area contributed by atoms with Gasteiger partial charge in [-0.15, -0.1) is 0 Å². The molecule has 0 saturated carbocycles. The van der Waals surface area contributed by atoms with Gasteiger partial charge in [0, 0.05) is 0 Å². The van der Waals surface area contributed by atoms with Gasteiger partial charge in [-0.05, 0) is 12.0 Å². The molecule has 1 atom stereocenters. The van der Waals surface area contributed by atoms with E-state index >= 15 is 0 Å². The summed E-state index contributed by atoms with van der Waals surface area (Å²) in [6.45, 7) is 1.88. The lowest BCUT2D eigenvalue weighted by Crippen LogP contribution is -1.97. The van der Waals surface area contributed by atoms with Crippen molar-refractivity contribution in [3.8, 4) is 0 Å². The van der Waals surface area contributed by atoms with E-state index < -0.39 is 10.7 Å². The zero-order valence-corrected chi connectivity index (χ0v) is 7.83. The largest absolute Gasteiger partial charge is 0.231 e. The number of rotatable bonds is 3. The molecular weight excluding hydrogens is 172 g/mol. The van der Waals surface area contributed by atoms with Gasteiger partial charge >= 0.3 is 0 Å². The third-order valence-corrected chi connectivity index (χ3v) is 3.00.